The third kappa shape index (κ3) is 2.27. The summed E-state index contributed by atoms with van der Waals surface area (Å²) in [6.45, 7) is 2.95. The molecule has 140 valence electrons. The summed E-state index contributed by atoms with van der Waals surface area (Å²) in [5.41, 5.74) is 4.48. The number of nitrogens with zero attached hydrogens (tertiary/aromatic N) is 2. The minimum Gasteiger partial charge on any atom is -0.494 e. The summed E-state index contributed by atoms with van der Waals surface area (Å²) in [7, 11) is 1.40. The van der Waals surface area contributed by atoms with Crippen LogP contribution < -0.4 is 4.74 Å². The fourth-order valence-electron chi connectivity index (χ4n) is 4.39. The van der Waals surface area contributed by atoms with Gasteiger partial charge in [0.25, 0.3) is 0 Å². The number of fused-ring (bicyclic) bond motifs is 2. The second-order valence-electron chi connectivity index (χ2n) is 7.19. The summed E-state index contributed by atoms with van der Waals surface area (Å²) in [5.74, 6) is -0.401. The van der Waals surface area contributed by atoms with E-state index in [1.54, 1.807) is 32.1 Å². The zero-order valence-corrected chi connectivity index (χ0v) is 15.9. The van der Waals surface area contributed by atoms with Crippen LogP contribution in [0.15, 0.2) is 41.6 Å². The fraction of sp³-hybridized carbons (Fsp3) is 0.250. The molecule has 3 heterocycles. The summed E-state index contributed by atoms with van der Waals surface area (Å²) in [4.78, 5) is 0. The molecular formula is C20H20BF3N2O. The molecule has 0 fully saturated rings. The predicted molar refractivity (Wildman–Crippen MR) is 101 cm³/mol. The standard InChI is InChI=1S/C20H20BF3N2O/c1-11-8-13(3)25-19(11)18(15-6-7-17(27-5)16(22)10-15)20-12(2)9-14(4)26(20)21(25,23)24/h6-10H,1-5H3. The van der Waals surface area contributed by atoms with Crippen LogP contribution in [0.2, 0.25) is 0 Å². The van der Waals surface area contributed by atoms with Gasteiger partial charge in [-0.25, -0.2) is 4.39 Å². The Bertz CT molecular complexity index is 1090. The van der Waals surface area contributed by atoms with E-state index in [1.165, 1.54) is 19.2 Å². The number of halogens is 3. The van der Waals surface area contributed by atoms with Crippen molar-refractivity contribution in [1.82, 2.24) is 4.48 Å². The van der Waals surface area contributed by atoms with Gasteiger partial charge >= 0.3 is 6.97 Å². The number of methoxy groups -OCH3 is 1. The first-order valence-corrected chi connectivity index (χ1v) is 8.79. The minimum absolute atomic E-state index is 0.122. The van der Waals surface area contributed by atoms with Gasteiger partial charge in [0.05, 0.1) is 12.7 Å². The summed E-state index contributed by atoms with van der Waals surface area (Å²) >= 11 is 0. The fourth-order valence-corrected chi connectivity index (χ4v) is 4.39. The number of aromatic nitrogens is 1. The molecular weight excluding hydrogens is 352 g/mol. The molecule has 2 aliphatic rings. The molecule has 0 radical (unpaired) electrons. The molecule has 0 unspecified atom stereocenters. The van der Waals surface area contributed by atoms with Gasteiger partial charge in [-0.3, -0.25) is 0 Å². The van der Waals surface area contributed by atoms with Crippen LogP contribution in [0.25, 0.3) is 5.57 Å². The normalized spacial score (nSPS) is 17.9. The Morgan fingerprint density at radius 2 is 1.78 bits per heavy atom. The summed E-state index contributed by atoms with van der Waals surface area (Å²) in [6, 6.07) is 6.34. The Labute approximate surface area is 156 Å². The quantitative estimate of drug-likeness (QED) is 0.700. The highest BCUT2D eigenvalue weighted by Crippen LogP contribution is 2.44. The van der Waals surface area contributed by atoms with Crippen LogP contribution in [-0.4, -0.2) is 28.8 Å². The molecule has 27 heavy (non-hydrogen) atoms. The highest BCUT2D eigenvalue weighted by molar-refractivity contribution is 6.58. The van der Waals surface area contributed by atoms with Crippen molar-refractivity contribution in [2.24, 2.45) is 0 Å². The molecule has 2 aliphatic heterocycles. The van der Waals surface area contributed by atoms with E-state index in [-0.39, 0.29) is 5.75 Å². The van der Waals surface area contributed by atoms with Crippen LogP contribution in [0.4, 0.5) is 13.0 Å². The lowest BCUT2D eigenvalue weighted by atomic mass is 9.84. The van der Waals surface area contributed by atoms with Crippen LogP contribution in [0.1, 0.15) is 36.4 Å². The van der Waals surface area contributed by atoms with Crippen LogP contribution in [0.3, 0.4) is 0 Å². The minimum atomic E-state index is -4.03. The summed E-state index contributed by atoms with van der Waals surface area (Å²) < 4.78 is 52.6. The predicted octanol–water partition coefficient (Wildman–Crippen LogP) is 4.68. The Balaban J connectivity index is 2.13. The highest BCUT2D eigenvalue weighted by Gasteiger charge is 2.55. The van der Waals surface area contributed by atoms with E-state index < -0.39 is 12.8 Å². The molecule has 0 aliphatic carbocycles. The van der Waals surface area contributed by atoms with Gasteiger partial charge in [0.1, 0.15) is 5.71 Å². The van der Waals surface area contributed by atoms with E-state index in [1.807, 2.05) is 13.8 Å². The van der Waals surface area contributed by atoms with E-state index >= 15 is 8.63 Å². The molecule has 0 saturated carbocycles. The maximum absolute atomic E-state index is 15.5. The number of aryl methyl sites for hydroxylation is 2. The van der Waals surface area contributed by atoms with Gasteiger partial charge in [0, 0.05) is 24.3 Å². The SMILES string of the molecule is COc1ccc(C2=C3C(C)=CC(C)=[N+]3[B-](F)(F)n3c(C)cc(C)c32)cc1F. The van der Waals surface area contributed by atoms with Gasteiger partial charge in [-0.1, -0.05) is 6.07 Å². The van der Waals surface area contributed by atoms with E-state index in [2.05, 4.69) is 0 Å². The second-order valence-corrected chi connectivity index (χ2v) is 7.19. The van der Waals surface area contributed by atoms with Gasteiger partial charge in [-0.15, -0.1) is 0 Å². The number of ether oxygens (including phenoxy) is 1. The maximum atomic E-state index is 15.5. The van der Waals surface area contributed by atoms with E-state index in [9.17, 15) is 4.39 Å². The summed E-state index contributed by atoms with van der Waals surface area (Å²) in [5, 5.41) is 0. The van der Waals surface area contributed by atoms with Crippen LogP contribution in [-0.2, 0) is 0 Å². The number of allylic oxidation sites excluding steroid dienone is 2. The smallest absolute Gasteiger partial charge is 0.494 e. The second kappa shape index (κ2) is 5.65. The number of hydrogen-bond acceptors (Lipinski definition) is 1. The molecule has 2 aromatic rings. The van der Waals surface area contributed by atoms with Crippen molar-refractivity contribution in [2.45, 2.75) is 27.7 Å². The molecule has 0 spiro atoms. The van der Waals surface area contributed by atoms with E-state index in [0.29, 0.717) is 33.9 Å². The third-order valence-electron chi connectivity index (χ3n) is 5.37. The first-order valence-electron chi connectivity index (χ1n) is 8.79. The van der Waals surface area contributed by atoms with Gasteiger partial charge in [0.15, 0.2) is 17.3 Å². The topological polar surface area (TPSA) is 17.2 Å². The average Bonchev–Trinajstić information content (AvgIpc) is 3.05. The Hall–Kier alpha value is -2.70. The molecule has 1 aromatic carbocycles. The Morgan fingerprint density at radius 3 is 2.41 bits per heavy atom. The lowest BCUT2D eigenvalue weighted by Crippen LogP contribution is -2.51. The van der Waals surface area contributed by atoms with Gasteiger partial charge in [0.2, 0.25) is 0 Å². The molecule has 0 bridgehead atoms. The number of hydrogen-bond donors (Lipinski definition) is 0. The molecule has 7 heteroatoms. The summed E-state index contributed by atoms with van der Waals surface area (Å²) in [6.07, 6.45) is 1.75. The van der Waals surface area contributed by atoms with Crippen molar-refractivity contribution >= 4 is 18.3 Å². The highest BCUT2D eigenvalue weighted by atomic mass is 19.2. The van der Waals surface area contributed by atoms with Crippen molar-refractivity contribution in [1.29, 1.82) is 0 Å². The van der Waals surface area contributed by atoms with Crippen molar-refractivity contribution < 1.29 is 22.2 Å². The lowest BCUT2D eigenvalue weighted by molar-refractivity contribution is -0.363. The van der Waals surface area contributed by atoms with Gasteiger partial charge < -0.3 is 22.3 Å². The molecule has 1 aromatic heterocycles. The number of rotatable bonds is 2. The van der Waals surface area contributed by atoms with Crippen molar-refractivity contribution in [3.8, 4) is 5.75 Å². The molecule has 0 amide bonds. The molecule has 4 rings (SSSR count). The number of benzene rings is 1. The van der Waals surface area contributed by atoms with Gasteiger partial charge in [-0.2, -0.15) is 0 Å². The largest absolute Gasteiger partial charge is 0.737 e. The van der Waals surface area contributed by atoms with E-state index in [4.69, 9.17) is 4.74 Å². The zero-order chi connectivity index (χ0) is 19.7. The van der Waals surface area contributed by atoms with Crippen LogP contribution in [0.5, 0.6) is 5.75 Å². The van der Waals surface area contributed by atoms with Crippen LogP contribution >= 0.6 is 0 Å². The first kappa shape index (κ1) is 17.7. The molecule has 0 saturated heterocycles. The Morgan fingerprint density at radius 1 is 1.07 bits per heavy atom. The first-order chi connectivity index (χ1) is 12.7. The van der Waals surface area contributed by atoms with E-state index in [0.717, 1.165) is 20.1 Å². The average molecular weight is 372 g/mol. The zero-order valence-electron chi connectivity index (χ0n) is 15.9. The van der Waals surface area contributed by atoms with Crippen molar-refractivity contribution in [2.75, 3.05) is 7.11 Å². The van der Waals surface area contributed by atoms with Gasteiger partial charge in [-0.05, 0) is 55.8 Å². The lowest BCUT2D eigenvalue weighted by Gasteiger charge is -2.34. The van der Waals surface area contributed by atoms with Crippen molar-refractivity contribution in [3.05, 3.63) is 69.9 Å². The monoisotopic (exact) mass is 372 g/mol. The van der Waals surface area contributed by atoms with Crippen LogP contribution in [0, 0.1) is 19.7 Å². The maximum Gasteiger partial charge on any atom is 0.737 e. The third-order valence-corrected chi connectivity index (χ3v) is 5.37. The Kier molecular flexibility index (Phi) is 3.70. The van der Waals surface area contributed by atoms with Crippen molar-refractivity contribution in [3.63, 3.8) is 0 Å². The molecule has 0 N–H and O–H groups in total. The molecule has 3 nitrogen and oxygen atoms in total. The molecule has 0 atom stereocenters.